The molecule has 0 aromatic rings. The fraction of sp³-hybridized carbons (Fsp3) is 1.00. The van der Waals surface area contributed by atoms with Crippen LogP contribution < -0.4 is 5.32 Å². The lowest BCUT2D eigenvalue weighted by Crippen LogP contribution is -2.56. The van der Waals surface area contributed by atoms with Crippen LogP contribution in [0.3, 0.4) is 0 Å². The second-order valence-corrected chi connectivity index (χ2v) is 4.55. The minimum atomic E-state index is -1.48. The molecule has 1 rings (SSSR count). The molecule has 102 valence electrons. The molecular weight excluding hydrogens is 226 g/mol. The third-order valence-electron chi connectivity index (χ3n) is 2.97. The van der Waals surface area contributed by atoms with Crippen LogP contribution in [0.5, 0.6) is 0 Å². The first-order valence-electron chi connectivity index (χ1n) is 6.10. The fourth-order valence-electron chi connectivity index (χ4n) is 1.99. The number of nitrogens with one attached hydrogen (secondary N) is 1. The maximum Gasteiger partial charge on any atom is 0.169 e. The Morgan fingerprint density at radius 2 is 2.06 bits per heavy atom. The molecule has 1 saturated heterocycles. The Labute approximate surface area is 101 Å². The number of hydrogen-bond donors (Lipinski definition) is 5. The molecule has 4 atom stereocenters. The van der Waals surface area contributed by atoms with Crippen molar-refractivity contribution in [2.24, 2.45) is 0 Å². The summed E-state index contributed by atoms with van der Waals surface area (Å²) in [6.45, 7) is 3.03. The molecule has 0 radical (unpaired) electrons. The van der Waals surface area contributed by atoms with Gasteiger partial charge in [0.1, 0.15) is 12.2 Å². The average Bonchev–Trinajstić information content (AvgIpc) is 2.30. The summed E-state index contributed by atoms with van der Waals surface area (Å²) >= 11 is 0. The zero-order valence-electron chi connectivity index (χ0n) is 10.2. The highest BCUT2D eigenvalue weighted by atomic mass is 16.6. The van der Waals surface area contributed by atoms with E-state index in [1.165, 1.54) is 0 Å². The largest absolute Gasteiger partial charge is 0.394 e. The molecule has 1 fully saturated rings. The predicted octanol–water partition coefficient (Wildman–Crippen LogP) is -1.43. The van der Waals surface area contributed by atoms with E-state index >= 15 is 0 Å². The third kappa shape index (κ3) is 4.17. The van der Waals surface area contributed by atoms with Crippen LogP contribution in [0.1, 0.15) is 26.2 Å². The van der Waals surface area contributed by atoms with Crippen molar-refractivity contribution in [3.8, 4) is 0 Å². The van der Waals surface area contributed by atoms with Gasteiger partial charge >= 0.3 is 0 Å². The van der Waals surface area contributed by atoms with E-state index in [0.717, 1.165) is 13.0 Å². The van der Waals surface area contributed by atoms with Gasteiger partial charge in [-0.25, -0.2) is 0 Å². The van der Waals surface area contributed by atoms with Gasteiger partial charge in [0.15, 0.2) is 5.79 Å². The van der Waals surface area contributed by atoms with Crippen LogP contribution in [0.4, 0.5) is 0 Å². The molecule has 17 heavy (non-hydrogen) atoms. The second kappa shape index (κ2) is 6.63. The summed E-state index contributed by atoms with van der Waals surface area (Å²) < 4.78 is 5.24. The van der Waals surface area contributed by atoms with Crippen LogP contribution >= 0.6 is 0 Å². The highest BCUT2D eigenvalue weighted by Crippen LogP contribution is 2.29. The molecule has 0 spiro atoms. The minimum absolute atomic E-state index is 0.0432. The smallest absolute Gasteiger partial charge is 0.169 e. The lowest BCUT2D eigenvalue weighted by molar-refractivity contribution is -0.306. The van der Waals surface area contributed by atoms with Crippen molar-refractivity contribution >= 4 is 0 Å². The standard InChI is InChI=1S/C11H23NO5/c1-2-4-12-5-3-11(16)6-8(14)10(15)9(7-13)17-11/h8-10,12-16H,2-7H2,1H3/t8?,9-,10-,11?/m1/s1. The van der Waals surface area contributed by atoms with Gasteiger partial charge in [-0.05, 0) is 13.0 Å². The first-order chi connectivity index (χ1) is 8.02. The molecule has 1 heterocycles. The van der Waals surface area contributed by atoms with E-state index < -0.39 is 30.7 Å². The Balaban J connectivity index is 2.45. The van der Waals surface area contributed by atoms with Crippen molar-refractivity contribution in [1.82, 2.24) is 5.32 Å². The molecule has 0 saturated carbocycles. The average molecular weight is 249 g/mol. The molecule has 1 aliphatic rings. The van der Waals surface area contributed by atoms with Crippen molar-refractivity contribution in [2.45, 2.75) is 50.3 Å². The summed E-state index contributed by atoms with van der Waals surface area (Å²) in [6.07, 6.45) is -1.89. The molecule has 0 aromatic carbocycles. The van der Waals surface area contributed by atoms with Crippen molar-refractivity contribution in [1.29, 1.82) is 0 Å². The predicted molar refractivity (Wildman–Crippen MR) is 61.3 cm³/mol. The van der Waals surface area contributed by atoms with Gasteiger partial charge in [0.2, 0.25) is 0 Å². The molecule has 5 N–H and O–H groups in total. The van der Waals surface area contributed by atoms with E-state index in [1.54, 1.807) is 0 Å². The van der Waals surface area contributed by atoms with Crippen LogP contribution in [0.15, 0.2) is 0 Å². The number of aliphatic hydroxyl groups is 4. The van der Waals surface area contributed by atoms with Gasteiger partial charge < -0.3 is 30.5 Å². The van der Waals surface area contributed by atoms with Gasteiger partial charge in [-0.1, -0.05) is 6.92 Å². The van der Waals surface area contributed by atoms with Gasteiger partial charge in [0.05, 0.1) is 12.7 Å². The first kappa shape index (κ1) is 14.8. The Bertz CT molecular complexity index is 228. The number of rotatable bonds is 6. The molecule has 6 heteroatoms. The van der Waals surface area contributed by atoms with Gasteiger partial charge in [-0.15, -0.1) is 0 Å². The summed E-state index contributed by atoms with van der Waals surface area (Å²) in [4.78, 5) is 0. The van der Waals surface area contributed by atoms with Crippen LogP contribution in [-0.4, -0.2) is 64.2 Å². The van der Waals surface area contributed by atoms with Crippen molar-refractivity contribution in [3.63, 3.8) is 0 Å². The van der Waals surface area contributed by atoms with Crippen LogP contribution in [0.25, 0.3) is 0 Å². The van der Waals surface area contributed by atoms with E-state index in [-0.39, 0.29) is 6.42 Å². The highest BCUT2D eigenvalue weighted by Gasteiger charge is 2.44. The topological polar surface area (TPSA) is 102 Å². The number of hydrogen-bond acceptors (Lipinski definition) is 6. The van der Waals surface area contributed by atoms with Gasteiger partial charge in [0, 0.05) is 19.4 Å². The van der Waals surface area contributed by atoms with Crippen molar-refractivity contribution in [3.05, 3.63) is 0 Å². The van der Waals surface area contributed by atoms with E-state index in [2.05, 4.69) is 5.32 Å². The first-order valence-corrected chi connectivity index (χ1v) is 6.10. The van der Waals surface area contributed by atoms with Gasteiger partial charge in [-0.2, -0.15) is 0 Å². The fourth-order valence-corrected chi connectivity index (χ4v) is 1.99. The summed E-state index contributed by atoms with van der Waals surface area (Å²) in [6, 6.07) is 0. The maximum absolute atomic E-state index is 10.1. The quantitative estimate of drug-likeness (QED) is 0.370. The van der Waals surface area contributed by atoms with E-state index in [4.69, 9.17) is 9.84 Å². The third-order valence-corrected chi connectivity index (χ3v) is 2.97. The summed E-state index contributed by atoms with van der Waals surface area (Å²) in [5, 5.41) is 41.3. The lowest BCUT2D eigenvalue weighted by Gasteiger charge is -2.42. The molecule has 0 aromatic heterocycles. The minimum Gasteiger partial charge on any atom is -0.394 e. The second-order valence-electron chi connectivity index (χ2n) is 4.55. The summed E-state index contributed by atoms with van der Waals surface area (Å²) in [5.41, 5.74) is 0. The van der Waals surface area contributed by atoms with Crippen LogP contribution in [0.2, 0.25) is 0 Å². The molecule has 0 bridgehead atoms. The Hall–Kier alpha value is -0.240. The monoisotopic (exact) mass is 249 g/mol. The number of ether oxygens (including phenoxy) is 1. The van der Waals surface area contributed by atoms with Gasteiger partial charge in [0.25, 0.3) is 0 Å². The normalized spacial score (nSPS) is 38.3. The van der Waals surface area contributed by atoms with E-state index in [0.29, 0.717) is 13.0 Å². The van der Waals surface area contributed by atoms with Crippen molar-refractivity contribution < 1.29 is 25.2 Å². The molecule has 6 nitrogen and oxygen atoms in total. The maximum atomic E-state index is 10.1. The zero-order valence-corrected chi connectivity index (χ0v) is 10.2. The molecule has 0 aliphatic carbocycles. The highest BCUT2D eigenvalue weighted by molar-refractivity contribution is 4.89. The van der Waals surface area contributed by atoms with Crippen LogP contribution in [0, 0.1) is 0 Å². The molecular formula is C11H23NO5. The van der Waals surface area contributed by atoms with E-state index in [1.807, 2.05) is 6.92 Å². The lowest BCUT2D eigenvalue weighted by atomic mass is 9.94. The van der Waals surface area contributed by atoms with Crippen molar-refractivity contribution in [2.75, 3.05) is 19.7 Å². The summed E-state index contributed by atoms with van der Waals surface area (Å²) in [5.74, 6) is -1.48. The Morgan fingerprint density at radius 1 is 1.35 bits per heavy atom. The summed E-state index contributed by atoms with van der Waals surface area (Å²) in [7, 11) is 0. The SMILES string of the molecule is CCCNCCC1(O)CC(O)[C@@H](O)[C@@H](CO)O1. The number of aliphatic hydroxyl groups excluding tert-OH is 3. The zero-order chi connectivity index (χ0) is 12.9. The Morgan fingerprint density at radius 3 is 2.65 bits per heavy atom. The van der Waals surface area contributed by atoms with Gasteiger partial charge in [-0.3, -0.25) is 0 Å². The molecule has 0 amide bonds. The van der Waals surface area contributed by atoms with E-state index in [9.17, 15) is 15.3 Å². The molecule has 1 aliphatic heterocycles. The molecule has 2 unspecified atom stereocenters. The van der Waals surface area contributed by atoms with Crippen LogP contribution in [-0.2, 0) is 4.74 Å². The Kier molecular flexibility index (Phi) is 5.78.